The normalized spacial score (nSPS) is 12.5. The van der Waals surface area contributed by atoms with Crippen LogP contribution in [0.2, 0.25) is 0 Å². The van der Waals surface area contributed by atoms with Crippen LogP contribution in [0.3, 0.4) is 0 Å². The molecule has 28 aromatic rings. The van der Waals surface area contributed by atoms with Crippen molar-refractivity contribution in [2.24, 2.45) is 0 Å². The average molecular weight is 1730 g/mol. The number of imidazole rings is 3. The number of hydrogen-bond donors (Lipinski definition) is 0. The second-order valence-corrected chi connectivity index (χ2v) is 36.7. The number of hydrogen-bond acceptors (Lipinski definition) is 8. The predicted molar refractivity (Wildman–Crippen MR) is 558 cm³/mol. The predicted octanol–water partition coefficient (Wildman–Crippen LogP) is 32.5. The van der Waals surface area contributed by atoms with Gasteiger partial charge in [-0.3, -0.25) is 28.2 Å². The average Bonchev–Trinajstić information content (AvgIpc) is 1.51. The van der Waals surface area contributed by atoms with Crippen LogP contribution in [0.25, 0.3) is 257 Å². The van der Waals surface area contributed by atoms with Gasteiger partial charge in [-0.05, 0) is 268 Å². The molecule has 0 amide bonds. The second kappa shape index (κ2) is 30.4. The summed E-state index contributed by atoms with van der Waals surface area (Å²) in [6.45, 7) is 4.69. The Labute approximate surface area is 772 Å². The van der Waals surface area contributed by atoms with Crippen molar-refractivity contribution in [3.8, 4) is 101 Å². The molecule has 11 heteroatoms. The molecule has 0 fully saturated rings. The summed E-state index contributed by atoms with van der Waals surface area (Å²) in [5, 5.41) is 19.1. The molecule has 10 nitrogen and oxygen atoms in total. The van der Waals surface area contributed by atoms with Gasteiger partial charge in [0.2, 0.25) is 0 Å². The van der Waals surface area contributed by atoms with Gasteiger partial charge in [-0.1, -0.05) is 250 Å². The molecule has 0 radical (unpaired) electrons. The minimum absolute atomic E-state index is 0.0360. The molecule has 626 valence electrons. The third-order valence-electron chi connectivity index (χ3n) is 27.7. The van der Waals surface area contributed by atoms with Gasteiger partial charge < -0.3 is 4.42 Å². The first-order valence-electron chi connectivity index (χ1n) is 45.5. The smallest absolute Gasteiger partial charge is 0.137 e. The third kappa shape index (κ3) is 12.4. The highest BCUT2D eigenvalue weighted by molar-refractivity contribution is 7.25. The van der Waals surface area contributed by atoms with E-state index in [0.717, 1.165) is 144 Å². The van der Waals surface area contributed by atoms with Gasteiger partial charge in [-0.25, -0.2) is 15.0 Å². The highest BCUT2D eigenvalue weighted by Crippen LogP contribution is 2.52. The molecule has 11 heterocycles. The number of benzene rings is 17. The van der Waals surface area contributed by atoms with E-state index in [1.54, 1.807) is 0 Å². The molecular weight excluding hydrogens is 1650 g/mol. The molecule has 134 heavy (non-hydrogen) atoms. The lowest BCUT2D eigenvalue weighted by Gasteiger charge is -2.22. The molecule has 0 N–H and O–H groups in total. The van der Waals surface area contributed by atoms with Crippen LogP contribution in [-0.2, 0) is 5.41 Å². The van der Waals surface area contributed by atoms with Gasteiger partial charge in [0, 0.05) is 123 Å². The van der Waals surface area contributed by atoms with Crippen LogP contribution in [-0.4, -0.2) is 43.1 Å². The van der Waals surface area contributed by atoms with Crippen molar-refractivity contribution in [2.45, 2.75) is 19.3 Å². The number of furan rings is 1. The van der Waals surface area contributed by atoms with Crippen LogP contribution in [0.5, 0.6) is 0 Å². The Kier molecular flexibility index (Phi) is 17.4. The largest absolute Gasteiger partial charge is 0.456 e. The number of pyridine rings is 6. The quantitative estimate of drug-likeness (QED) is 0.140. The van der Waals surface area contributed by atoms with E-state index in [1.165, 1.54) is 124 Å². The summed E-state index contributed by atoms with van der Waals surface area (Å²) in [4.78, 5) is 29.2. The van der Waals surface area contributed by atoms with Crippen molar-refractivity contribution >= 4 is 168 Å². The summed E-state index contributed by atoms with van der Waals surface area (Å²) in [7, 11) is 0. The second-order valence-electron chi connectivity index (χ2n) is 35.6. The van der Waals surface area contributed by atoms with Crippen LogP contribution < -0.4 is 0 Å². The summed E-state index contributed by atoms with van der Waals surface area (Å²) >= 11 is 1.86. The van der Waals surface area contributed by atoms with Crippen molar-refractivity contribution in [2.75, 3.05) is 0 Å². The summed E-state index contributed by atoms with van der Waals surface area (Å²) in [5.41, 5.74) is 34.7. The zero-order valence-corrected chi connectivity index (χ0v) is 73.6. The number of rotatable bonds is 8. The Balaban J connectivity index is 0.000000102. The van der Waals surface area contributed by atoms with Crippen molar-refractivity contribution in [1.82, 2.24) is 43.1 Å². The van der Waals surface area contributed by atoms with E-state index in [4.69, 9.17) is 19.4 Å². The minimum atomic E-state index is -0.0360. The molecule has 0 saturated heterocycles. The number of aromatic nitrogens is 9. The Hall–Kier alpha value is -17.4. The van der Waals surface area contributed by atoms with E-state index in [1.807, 2.05) is 90.6 Å². The lowest BCUT2D eigenvalue weighted by atomic mass is 9.81. The van der Waals surface area contributed by atoms with Crippen molar-refractivity contribution < 1.29 is 4.42 Å². The topological polar surface area (TPSA) is 104 Å². The summed E-state index contributed by atoms with van der Waals surface area (Å²) in [5.74, 6) is 0. The van der Waals surface area contributed by atoms with Crippen LogP contribution in [0.4, 0.5) is 0 Å². The van der Waals surface area contributed by atoms with E-state index in [2.05, 4.69) is 394 Å². The van der Waals surface area contributed by atoms with E-state index < -0.39 is 0 Å². The maximum absolute atomic E-state index is 6.21. The van der Waals surface area contributed by atoms with Gasteiger partial charge in [0.15, 0.2) is 0 Å². The first-order chi connectivity index (χ1) is 66.1. The van der Waals surface area contributed by atoms with Gasteiger partial charge >= 0.3 is 0 Å². The first kappa shape index (κ1) is 76.6. The molecule has 1 aliphatic rings. The highest BCUT2D eigenvalue weighted by Gasteiger charge is 2.36. The van der Waals surface area contributed by atoms with Crippen LogP contribution in [0.1, 0.15) is 25.0 Å². The Morgan fingerprint density at radius 3 is 1.05 bits per heavy atom. The van der Waals surface area contributed by atoms with E-state index in [9.17, 15) is 0 Å². The van der Waals surface area contributed by atoms with E-state index in [-0.39, 0.29) is 5.41 Å². The standard InChI is InChI=1S/C42H25N3O.C42H25N3S.C39H27N3/c2*1-2-12-38-31(10-1)32-17-14-29(25-39(32)46-38)27-9-7-8-26(22-27)28-15-19-34-36(23-28)35-24-30(37-11-3-5-20-43-37)16-18-33(35)41-42(34)45-21-6-4-13-40(45)44-41;1-39(2)33-10-4-3-9-27(33)28-16-13-25(23-34(28)39)24-14-18-30-32(21-24)31-22-26(35-11-5-7-19-40-35)15-17-29(31)37-38(30)42-20-8-6-12-36(42)41-37/h2*1-25H;3-23H,1-2H3. The SMILES string of the molecule is CC1(C)c2ccccc2-c2ccc(-c3ccc4c(c3)c3cc(-c5ccccn5)ccc3c3nc5ccccn5c43)cc21.c1ccc(-c2ccc3c(c2)c2cc(-c4cccc(-c5ccc6c(c5)oc5ccccc56)c4)ccc2c2c3nc3ccccn32)nc1.c1ccc(-c2ccc3c(c2)c2cc(-c4cccc(-c5ccc6c(c5)sc5ccccc56)c4)ccc2c2c3nc3ccccn32)nc1. The molecule has 0 bridgehead atoms. The first-order valence-corrected chi connectivity index (χ1v) is 46.3. The molecular formula is C123H77N9OS. The maximum Gasteiger partial charge on any atom is 0.137 e. The molecule has 0 aliphatic heterocycles. The van der Waals surface area contributed by atoms with Crippen molar-refractivity contribution in [3.63, 3.8) is 0 Å². The molecule has 17 aromatic carbocycles. The number of para-hydroxylation sites is 1. The van der Waals surface area contributed by atoms with Gasteiger partial charge in [0.1, 0.15) is 28.1 Å². The molecule has 0 atom stereocenters. The van der Waals surface area contributed by atoms with E-state index in [0.29, 0.717) is 0 Å². The number of thiophene rings is 1. The Bertz CT molecular complexity index is 9380. The van der Waals surface area contributed by atoms with Crippen LogP contribution in [0.15, 0.2) is 436 Å². The zero-order valence-electron chi connectivity index (χ0n) is 72.8. The highest BCUT2D eigenvalue weighted by atomic mass is 32.1. The summed E-state index contributed by atoms with van der Waals surface area (Å²) in [6.07, 6.45) is 11.9. The summed E-state index contributed by atoms with van der Waals surface area (Å²) < 4.78 is 15.5. The minimum Gasteiger partial charge on any atom is -0.456 e. The van der Waals surface area contributed by atoms with Crippen LogP contribution in [0, 0.1) is 0 Å². The molecule has 11 aromatic heterocycles. The number of nitrogens with zero attached hydrogens (tertiary/aromatic N) is 9. The maximum atomic E-state index is 6.21. The van der Waals surface area contributed by atoms with Gasteiger partial charge in [-0.2, -0.15) is 0 Å². The van der Waals surface area contributed by atoms with Crippen molar-refractivity contribution in [3.05, 3.63) is 443 Å². The van der Waals surface area contributed by atoms with Crippen molar-refractivity contribution in [1.29, 1.82) is 0 Å². The van der Waals surface area contributed by atoms with Gasteiger partial charge in [0.25, 0.3) is 0 Å². The molecule has 29 rings (SSSR count). The Morgan fingerprint density at radius 1 is 0.224 bits per heavy atom. The van der Waals surface area contributed by atoms with Gasteiger partial charge in [-0.15, -0.1) is 11.3 Å². The lowest BCUT2D eigenvalue weighted by Crippen LogP contribution is -2.14. The molecule has 1 aliphatic carbocycles. The zero-order chi connectivity index (χ0) is 88.4. The summed E-state index contributed by atoms with van der Waals surface area (Å²) in [6, 6.07) is 141. The van der Waals surface area contributed by atoms with Gasteiger partial charge in [0.05, 0.1) is 50.2 Å². The molecule has 0 unspecified atom stereocenters. The lowest BCUT2D eigenvalue weighted by molar-refractivity contribution is 0.660. The fourth-order valence-corrected chi connectivity index (χ4v) is 22.4. The monoisotopic (exact) mass is 1730 g/mol. The Morgan fingerprint density at radius 2 is 0.567 bits per heavy atom. The molecule has 0 saturated carbocycles. The molecule has 0 spiro atoms. The third-order valence-corrected chi connectivity index (χ3v) is 28.9. The number of fused-ring (bicyclic) bond motifs is 33. The van der Waals surface area contributed by atoms with Crippen LogP contribution >= 0.6 is 11.3 Å². The van der Waals surface area contributed by atoms with E-state index >= 15 is 0 Å². The fourth-order valence-electron chi connectivity index (χ4n) is 21.2. The fraction of sp³-hybridized carbons (Fsp3) is 0.0244.